The highest BCUT2D eigenvalue weighted by atomic mass is 16.5. The first kappa shape index (κ1) is 11.2. The van der Waals surface area contributed by atoms with Crippen LogP contribution in [0.4, 0.5) is 0 Å². The number of aromatic nitrogens is 1. The first-order chi connectivity index (χ1) is 7.22. The van der Waals surface area contributed by atoms with Crippen molar-refractivity contribution >= 4 is 11.8 Å². The van der Waals surface area contributed by atoms with Crippen molar-refractivity contribution in [3.8, 4) is 5.88 Å². The Labute approximate surface area is 89.5 Å². The van der Waals surface area contributed by atoms with E-state index in [4.69, 9.17) is 10.5 Å². The second kappa shape index (κ2) is 5.14. The van der Waals surface area contributed by atoms with Crippen LogP contribution in [-0.2, 0) is 0 Å². The number of rotatable bonds is 3. The highest BCUT2D eigenvalue weighted by Crippen LogP contribution is 2.19. The van der Waals surface area contributed by atoms with Gasteiger partial charge in [0.05, 0.1) is 7.11 Å². The lowest BCUT2D eigenvalue weighted by atomic mass is 10.1. The Morgan fingerprint density at radius 3 is 2.80 bits per heavy atom. The molecule has 4 heteroatoms. The summed E-state index contributed by atoms with van der Waals surface area (Å²) in [4.78, 5) is 8.06. The molecule has 0 bridgehead atoms. The Morgan fingerprint density at radius 2 is 2.33 bits per heavy atom. The minimum atomic E-state index is 0.598. The van der Waals surface area contributed by atoms with Gasteiger partial charge in [0.25, 0.3) is 0 Å². The molecule has 1 rings (SSSR count). The van der Waals surface area contributed by atoms with E-state index in [0.29, 0.717) is 5.88 Å². The van der Waals surface area contributed by atoms with Crippen LogP contribution >= 0.6 is 0 Å². The van der Waals surface area contributed by atoms with Crippen LogP contribution in [0.2, 0.25) is 0 Å². The number of nitrogens with zero attached hydrogens (tertiary/aromatic N) is 2. The number of hydrogen-bond acceptors (Lipinski definition) is 4. The van der Waals surface area contributed by atoms with Crippen LogP contribution in [0.25, 0.3) is 5.57 Å². The van der Waals surface area contributed by atoms with Crippen LogP contribution < -0.4 is 10.5 Å². The van der Waals surface area contributed by atoms with Gasteiger partial charge in [-0.15, -0.1) is 0 Å². The molecule has 2 N–H and O–H groups in total. The van der Waals surface area contributed by atoms with E-state index in [9.17, 15) is 0 Å². The molecular formula is C11H15N3O. The first-order valence-electron chi connectivity index (χ1n) is 4.58. The standard InChI is InChI=1S/C11H15N3O/c1-8-4-11(15-3)14-7-10(8)9(5-12)6-13-2/h4-7H,12H2,1-3H3. The van der Waals surface area contributed by atoms with Crippen molar-refractivity contribution in [3.63, 3.8) is 0 Å². The van der Waals surface area contributed by atoms with Crippen LogP contribution in [0.3, 0.4) is 0 Å². The van der Waals surface area contributed by atoms with Crippen molar-refractivity contribution in [2.75, 3.05) is 14.2 Å². The van der Waals surface area contributed by atoms with Gasteiger partial charge in [-0.05, 0) is 12.5 Å². The maximum atomic E-state index is 5.52. The zero-order valence-electron chi connectivity index (χ0n) is 9.19. The molecule has 0 amide bonds. The van der Waals surface area contributed by atoms with E-state index in [0.717, 1.165) is 16.7 Å². The number of allylic oxidation sites excluding steroid dienone is 1. The molecule has 1 aromatic heterocycles. The second-order valence-electron chi connectivity index (χ2n) is 3.05. The van der Waals surface area contributed by atoms with Gasteiger partial charge >= 0.3 is 0 Å². The van der Waals surface area contributed by atoms with Crippen molar-refractivity contribution in [2.24, 2.45) is 10.7 Å². The van der Waals surface area contributed by atoms with Crippen LogP contribution in [-0.4, -0.2) is 25.4 Å². The van der Waals surface area contributed by atoms with Gasteiger partial charge < -0.3 is 10.5 Å². The SMILES string of the molecule is CN=CC(=CN)c1cnc(OC)cc1C. The fourth-order valence-electron chi connectivity index (χ4n) is 1.29. The number of aryl methyl sites for hydroxylation is 1. The molecule has 0 saturated carbocycles. The predicted molar refractivity (Wildman–Crippen MR) is 62.1 cm³/mol. The normalized spacial score (nSPS) is 12.1. The summed E-state index contributed by atoms with van der Waals surface area (Å²) in [5.41, 5.74) is 8.39. The minimum absolute atomic E-state index is 0.598. The van der Waals surface area contributed by atoms with E-state index in [1.54, 1.807) is 26.6 Å². The number of aliphatic imine (C=N–C) groups is 1. The number of methoxy groups -OCH3 is 1. The third-order valence-corrected chi connectivity index (χ3v) is 2.05. The predicted octanol–water partition coefficient (Wildman–Crippen LogP) is 1.40. The molecule has 0 fully saturated rings. The van der Waals surface area contributed by atoms with E-state index < -0.39 is 0 Å². The van der Waals surface area contributed by atoms with Gasteiger partial charge in [0.15, 0.2) is 0 Å². The largest absolute Gasteiger partial charge is 0.481 e. The van der Waals surface area contributed by atoms with Crippen molar-refractivity contribution < 1.29 is 4.74 Å². The van der Waals surface area contributed by atoms with Crippen molar-refractivity contribution in [1.29, 1.82) is 0 Å². The quantitative estimate of drug-likeness (QED) is 0.759. The number of ether oxygens (including phenoxy) is 1. The van der Waals surface area contributed by atoms with Crippen molar-refractivity contribution in [3.05, 3.63) is 29.6 Å². The summed E-state index contributed by atoms with van der Waals surface area (Å²) in [6.45, 7) is 1.98. The molecule has 0 radical (unpaired) electrons. The lowest BCUT2D eigenvalue weighted by Gasteiger charge is -2.06. The average molecular weight is 205 g/mol. The van der Waals surface area contributed by atoms with E-state index in [1.807, 2.05) is 13.0 Å². The van der Waals surface area contributed by atoms with Crippen LogP contribution in [0.5, 0.6) is 5.88 Å². The summed E-state index contributed by atoms with van der Waals surface area (Å²) in [5, 5.41) is 0. The monoisotopic (exact) mass is 205 g/mol. The van der Waals surface area contributed by atoms with E-state index in [1.165, 1.54) is 6.20 Å². The highest BCUT2D eigenvalue weighted by molar-refractivity contribution is 6.09. The summed E-state index contributed by atoms with van der Waals surface area (Å²) < 4.78 is 5.03. The Hall–Kier alpha value is -1.84. The van der Waals surface area contributed by atoms with Gasteiger partial charge in [-0.25, -0.2) is 4.98 Å². The zero-order valence-corrected chi connectivity index (χ0v) is 9.19. The Morgan fingerprint density at radius 1 is 1.60 bits per heavy atom. The van der Waals surface area contributed by atoms with Gasteiger partial charge in [-0.3, -0.25) is 4.99 Å². The second-order valence-corrected chi connectivity index (χ2v) is 3.05. The Bertz CT molecular complexity index is 397. The molecule has 0 aromatic carbocycles. The molecule has 1 heterocycles. The number of pyridine rings is 1. The van der Waals surface area contributed by atoms with Crippen molar-refractivity contribution in [2.45, 2.75) is 6.92 Å². The summed E-state index contributed by atoms with van der Waals surface area (Å²) in [7, 11) is 3.30. The summed E-state index contributed by atoms with van der Waals surface area (Å²) in [5.74, 6) is 0.598. The van der Waals surface area contributed by atoms with Gasteiger partial charge in [0, 0.05) is 42.9 Å². The molecule has 0 unspecified atom stereocenters. The highest BCUT2D eigenvalue weighted by Gasteiger charge is 2.04. The molecular weight excluding hydrogens is 190 g/mol. The van der Waals surface area contributed by atoms with Gasteiger partial charge in [0.1, 0.15) is 0 Å². The molecule has 0 spiro atoms. The lowest BCUT2D eigenvalue weighted by Crippen LogP contribution is -1.97. The van der Waals surface area contributed by atoms with E-state index >= 15 is 0 Å². The molecule has 80 valence electrons. The molecule has 15 heavy (non-hydrogen) atoms. The summed E-state index contributed by atoms with van der Waals surface area (Å²) >= 11 is 0. The molecule has 0 aliphatic heterocycles. The molecule has 0 aliphatic carbocycles. The number of nitrogens with two attached hydrogens (primary N) is 1. The molecule has 0 saturated heterocycles. The molecule has 0 atom stereocenters. The zero-order chi connectivity index (χ0) is 11.3. The summed E-state index contributed by atoms with van der Waals surface area (Å²) in [6, 6.07) is 1.86. The molecule has 4 nitrogen and oxygen atoms in total. The Kier molecular flexibility index (Phi) is 3.85. The first-order valence-corrected chi connectivity index (χ1v) is 4.58. The Balaban J connectivity index is 3.15. The summed E-state index contributed by atoms with van der Waals surface area (Å²) in [6.07, 6.45) is 4.95. The van der Waals surface area contributed by atoms with E-state index in [2.05, 4.69) is 9.98 Å². The number of hydrogen-bond donors (Lipinski definition) is 1. The van der Waals surface area contributed by atoms with Crippen LogP contribution in [0.15, 0.2) is 23.5 Å². The van der Waals surface area contributed by atoms with E-state index in [-0.39, 0.29) is 0 Å². The van der Waals surface area contributed by atoms with Crippen molar-refractivity contribution in [1.82, 2.24) is 4.98 Å². The topological polar surface area (TPSA) is 60.5 Å². The minimum Gasteiger partial charge on any atom is -0.481 e. The maximum Gasteiger partial charge on any atom is 0.213 e. The molecule has 1 aromatic rings. The van der Waals surface area contributed by atoms with Gasteiger partial charge in [0.2, 0.25) is 5.88 Å². The lowest BCUT2D eigenvalue weighted by molar-refractivity contribution is 0.397. The third-order valence-electron chi connectivity index (χ3n) is 2.05. The van der Waals surface area contributed by atoms with Gasteiger partial charge in [-0.2, -0.15) is 0 Å². The van der Waals surface area contributed by atoms with Crippen LogP contribution in [0.1, 0.15) is 11.1 Å². The van der Waals surface area contributed by atoms with Gasteiger partial charge in [-0.1, -0.05) is 0 Å². The smallest absolute Gasteiger partial charge is 0.213 e. The fourth-order valence-corrected chi connectivity index (χ4v) is 1.29. The maximum absolute atomic E-state index is 5.52. The average Bonchev–Trinajstić information content (AvgIpc) is 2.26. The molecule has 0 aliphatic rings. The third kappa shape index (κ3) is 2.56. The van der Waals surface area contributed by atoms with Crippen LogP contribution in [0, 0.1) is 6.92 Å². The fraction of sp³-hybridized carbons (Fsp3) is 0.273.